The summed E-state index contributed by atoms with van der Waals surface area (Å²) < 4.78 is 0. The molecule has 1 aromatic carbocycles. The van der Waals surface area contributed by atoms with E-state index in [0.717, 1.165) is 19.5 Å². The molecule has 0 aliphatic carbocycles. The zero-order valence-corrected chi connectivity index (χ0v) is 14.9. The van der Waals surface area contributed by atoms with Crippen LogP contribution in [0.1, 0.15) is 35.5 Å². The third-order valence-corrected chi connectivity index (χ3v) is 3.98. The molecule has 3 rings (SSSR count). The van der Waals surface area contributed by atoms with E-state index in [1.54, 1.807) is 12.1 Å². The number of aromatic nitrogens is 2. The van der Waals surface area contributed by atoms with E-state index >= 15 is 0 Å². The molecule has 1 amide bonds. The Hall–Kier alpha value is -2.31. The first-order valence-corrected chi connectivity index (χ1v) is 8.75. The maximum absolute atomic E-state index is 11.9. The fourth-order valence-corrected chi connectivity index (χ4v) is 2.80. The van der Waals surface area contributed by atoms with E-state index in [1.165, 1.54) is 17.3 Å². The Kier molecular flexibility index (Phi) is 7.50. The minimum absolute atomic E-state index is 0.202. The van der Waals surface area contributed by atoms with Crippen LogP contribution in [0.5, 0.6) is 0 Å². The van der Waals surface area contributed by atoms with E-state index < -0.39 is 6.10 Å². The number of benzene rings is 1. The fraction of sp³-hybridized carbons (Fsp3) is 0.421. The van der Waals surface area contributed by atoms with Gasteiger partial charge in [-0.2, -0.15) is 5.10 Å². The predicted molar refractivity (Wildman–Crippen MR) is 97.1 cm³/mol. The molecule has 6 heteroatoms. The van der Waals surface area contributed by atoms with Gasteiger partial charge in [-0.25, -0.2) is 0 Å². The van der Waals surface area contributed by atoms with Crippen molar-refractivity contribution in [2.45, 2.75) is 32.9 Å². The summed E-state index contributed by atoms with van der Waals surface area (Å²) in [7, 11) is 0. The second kappa shape index (κ2) is 9.86. The maximum Gasteiger partial charge on any atom is 0.271 e. The first kappa shape index (κ1) is 19.0. The largest absolute Gasteiger partial charge is 0.390 e. The van der Waals surface area contributed by atoms with Gasteiger partial charge in [0.15, 0.2) is 5.69 Å². The van der Waals surface area contributed by atoms with Gasteiger partial charge in [0.2, 0.25) is 0 Å². The lowest BCUT2D eigenvalue weighted by molar-refractivity contribution is 0.0837. The number of carbonyl (C=O) groups excluding carboxylic acids is 1. The highest BCUT2D eigenvalue weighted by Gasteiger charge is 2.19. The SMILES string of the molecule is CC.O=C(NCC(O)CN1CCc2ccccc2C1)c1cccnn1. The summed E-state index contributed by atoms with van der Waals surface area (Å²) in [6.45, 7) is 6.50. The molecule has 0 fully saturated rings. The van der Waals surface area contributed by atoms with Crippen LogP contribution in [0.25, 0.3) is 0 Å². The molecule has 6 nitrogen and oxygen atoms in total. The number of aliphatic hydroxyl groups excluding tert-OH is 1. The Labute approximate surface area is 148 Å². The van der Waals surface area contributed by atoms with Crippen LogP contribution >= 0.6 is 0 Å². The monoisotopic (exact) mass is 342 g/mol. The first-order valence-electron chi connectivity index (χ1n) is 8.75. The van der Waals surface area contributed by atoms with Crippen LogP contribution in [-0.2, 0) is 13.0 Å². The van der Waals surface area contributed by atoms with E-state index in [-0.39, 0.29) is 18.1 Å². The minimum atomic E-state index is -0.610. The molecule has 1 aliphatic rings. The van der Waals surface area contributed by atoms with Crippen molar-refractivity contribution in [1.82, 2.24) is 20.4 Å². The van der Waals surface area contributed by atoms with Crippen molar-refractivity contribution in [1.29, 1.82) is 0 Å². The molecule has 0 spiro atoms. The number of β-amino-alcohol motifs (C(OH)–C–C–N with tert-alkyl or cyclic N) is 1. The molecule has 1 aliphatic heterocycles. The van der Waals surface area contributed by atoms with Crippen molar-refractivity contribution >= 4 is 5.91 Å². The predicted octanol–water partition coefficient (Wildman–Crippen LogP) is 1.65. The topological polar surface area (TPSA) is 78.4 Å². The third-order valence-electron chi connectivity index (χ3n) is 3.98. The average Bonchev–Trinajstić information content (AvgIpc) is 2.68. The molecular formula is C19H26N4O2. The summed E-state index contributed by atoms with van der Waals surface area (Å²) >= 11 is 0. The van der Waals surface area contributed by atoms with Gasteiger partial charge in [-0.3, -0.25) is 9.69 Å². The average molecular weight is 342 g/mol. The normalized spacial score (nSPS) is 14.7. The molecule has 2 N–H and O–H groups in total. The van der Waals surface area contributed by atoms with Crippen LogP contribution in [0.4, 0.5) is 0 Å². The van der Waals surface area contributed by atoms with Crippen molar-refractivity contribution in [3.05, 3.63) is 59.4 Å². The summed E-state index contributed by atoms with van der Waals surface area (Å²) in [4.78, 5) is 14.1. The fourth-order valence-electron chi connectivity index (χ4n) is 2.80. The third kappa shape index (κ3) is 5.62. The van der Waals surface area contributed by atoms with Gasteiger partial charge in [0, 0.05) is 32.4 Å². The number of rotatable bonds is 5. The van der Waals surface area contributed by atoms with Crippen molar-refractivity contribution < 1.29 is 9.90 Å². The lowest BCUT2D eigenvalue weighted by Gasteiger charge is -2.30. The van der Waals surface area contributed by atoms with Gasteiger partial charge in [0.1, 0.15) is 0 Å². The Bertz CT molecular complexity index is 663. The van der Waals surface area contributed by atoms with Crippen molar-refractivity contribution in [2.75, 3.05) is 19.6 Å². The number of hydrogen-bond acceptors (Lipinski definition) is 5. The van der Waals surface area contributed by atoms with Gasteiger partial charge in [0.05, 0.1) is 6.10 Å². The van der Waals surface area contributed by atoms with E-state index in [9.17, 15) is 9.90 Å². The molecule has 1 aromatic heterocycles. The zero-order chi connectivity index (χ0) is 18.1. The van der Waals surface area contributed by atoms with Gasteiger partial charge < -0.3 is 10.4 Å². The lowest BCUT2D eigenvalue weighted by atomic mass is 10.00. The summed E-state index contributed by atoms with van der Waals surface area (Å²) in [5, 5.41) is 20.3. The molecule has 134 valence electrons. The molecule has 0 radical (unpaired) electrons. The number of hydrogen-bond donors (Lipinski definition) is 2. The molecule has 2 aromatic rings. The summed E-state index contributed by atoms with van der Waals surface area (Å²) in [5.41, 5.74) is 2.95. The van der Waals surface area contributed by atoms with Crippen LogP contribution in [0, 0.1) is 0 Å². The summed E-state index contributed by atoms with van der Waals surface area (Å²) in [5.74, 6) is -0.318. The minimum Gasteiger partial charge on any atom is -0.390 e. The van der Waals surface area contributed by atoms with Crippen LogP contribution in [0.3, 0.4) is 0 Å². The highest BCUT2D eigenvalue weighted by molar-refractivity contribution is 5.91. The summed E-state index contributed by atoms with van der Waals surface area (Å²) in [6, 6.07) is 11.6. The van der Waals surface area contributed by atoms with Gasteiger partial charge in [-0.05, 0) is 29.7 Å². The zero-order valence-electron chi connectivity index (χ0n) is 14.9. The number of aliphatic hydroxyl groups is 1. The first-order chi connectivity index (χ1) is 12.2. The second-order valence-corrected chi connectivity index (χ2v) is 5.73. The second-order valence-electron chi connectivity index (χ2n) is 5.73. The molecule has 2 heterocycles. The number of nitrogens with zero attached hydrogens (tertiary/aromatic N) is 3. The molecule has 0 saturated carbocycles. The van der Waals surface area contributed by atoms with Gasteiger partial charge in [-0.1, -0.05) is 38.1 Å². The smallest absolute Gasteiger partial charge is 0.271 e. The van der Waals surface area contributed by atoms with Crippen molar-refractivity contribution in [2.24, 2.45) is 0 Å². The highest BCUT2D eigenvalue weighted by Crippen LogP contribution is 2.18. The van der Waals surface area contributed by atoms with Gasteiger partial charge in [0.25, 0.3) is 5.91 Å². The molecular weight excluding hydrogens is 316 g/mol. The van der Waals surface area contributed by atoms with E-state index in [4.69, 9.17) is 0 Å². The molecule has 1 unspecified atom stereocenters. The number of carbonyl (C=O) groups is 1. The Morgan fingerprint density at radius 3 is 2.72 bits per heavy atom. The maximum atomic E-state index is 11.9. The standard InChI is InChI=1S/C17H20N4O2.C2H6/c22-15(10-18-17(23)16-6-3-8-19-20-16)12-21-9-7-13-4-1-2-5-14(13)11-21;1-2/h1-6,8,15,22H,7,9-12H2,(H,18,23);1-2H3. The van der Waals surface area contributed by atoms with Crippen LogP contribution in [-0.4, -0.2) is 51.8 Å². The Morgan fingerprint density at radius 1 is 1.24 bits per heavy atom. The molecule has 25 heavy (non-hydrogen) atoms. The number of nitrogens with one attached hydrogen (secondary N) is 1. The highest BCUT2D eigenvalue weighted by atomic mass is 16.3. The van der Waals surface area contributed by atoms with Crippen molar-refractivity contribution in [3.8, 4) is 0 Å². The molecule has 0 saturated heterocycles. The van der Waals surface area contributed by atoms with Crippen LogP contribution < -0.4 is 5.32 Å². The summed E-state index contributed by atoms with van der Waals surface area (Å²) in [6.07, 6.45) is 1.90. The number of amides is 1. The van der Waals surface area contributed by atoms with Crippen LogP contribution in [0.2, 0.25) is 0 Å². The van der Waals surface area contributed by atoms with Gasteiger partial charge in [-0.15, -0.1) is 5.10 Å². The van der Waals surface area contributed by atoms with E-state index in [1.807, 2.05) is 19.9 Å². The lowest BCUT2D eigenvalue weighted by Crippen LogP contribution is -2.42. The van der Waals surface area contributed by atoms with Crippen molar-refractivity contribution in [3.63, 3.8) is 0 Å². The Balaban J connectivity index is 0.00000109. The van der Waals surface area contributed by atoms with E-state index in [0.29, 0.717) is 6.54 Å². The molecule has 1 atom stereocenters. The molecule has 0 bridgehead atoms. The number of fused-ring (bicyclic) bond motifs is 1. The van der Waals surface area contributed by atoms with Gasteiger partial charge >= 0.3 is 0 Å². The van der Waals surface area contributed by atoms with E-state index in [2.05, 4.69) is 38.6 Å². The Morgan fingerprint density at radius 2 is 2.00 bits per heavy atom. The quantitative estimate of drug-likeness (QED) is 0.864. The van der Waals surface area contributed by atoms with Crippen LogP contribution in [0.15, 0.2) is 42.6 Å².